The number of aryl methyl sites for hydroxylation is 1. The first-order valence-corrected chi connectivity index (χ1v) is 7.65. The summed E-state index contributed by atoms with van der Waals surface area (Å²) in [6.45, 7) is 2.83. The number of halogens is 1. The third-order valence-electron chi connectivity index (χ3n) is 2.59. The van der Waals surface area contributed by atoms with Crippen molar-refractivity contribution in [1.29, 1.82) is 0 Å². The van der Waals surface area contributed by atoms with Gasteiger partial charge in [-0.15, -0.1) is 0 Å². The van der Waals surface area contributed by atoms with Gasteiger partial charge >= 0.3 is 0 Å². The first-order valence-electron chi connectivity index (χ1n) is 5.59. The fraction of sp³-hybridized carbons (Fsp3) is 0.286. The molecule has 0 saturated heterocycles. The van der Waals surface area contributed by atoms with Crippen LogP contribution in [0.1, 0.15) is 16.7 Å². The summed E-state index contributed by atoms with van der Waals surface area (Å²) in [5, 5.41) is 5.11. The highest BCUT2D eigenvalue weighted by Gasteiger charge is 2.03. The molecule has 0 aliphatic carbocycles. The molecule has 0 aliphatic heterocycles. The molecule has 0 unspecified atom stereocenters. The molecule has 0 spiro atoms. The third-order valence-corrected chi connectivity index (χ3v) is 3.92. The lowest BCUT2D eigenvalue weighted by Crippen LogP contribution is -2.02. The Morgan fingerprint density at radius 2 is 2.18 bits per heavy atom. The van der Waals surface area contributed by atoms with Crippen LogP contribution in [0.4, 0.5) is 0 Å². The van der Waals surface area contributed by atoms with Gasteiger partial charge in [0.1, 0.15) is 5.75 Å². The first kappa shape index (κ1) is 12.7. The Hall–Kier alpha value is -0.800. The normalized spacial score (nSPS) is 10.5. The van der Waals surface area contributed by atoms with Crippen LogP contribution in [0.2, 0.25) is 0 Å². The fourth-order valence-corrected chi connectivity index (χ4v) is 2.81. The van der Waals surface area contributed by atoms with Crippen LogP contribution in [0.25, 0.3) is 0 Å². The molecule has 0 fully saturated rings. The summed E-state index contributed by atoms with van der Waals surface area (Å²) in [6.07, 6.45) is 0.971. The van der Waals surface area contributed by atoms with Crippen LogP contribution in [0.3, 0.4) is 0 Å². The highest BCUT2D eigenvalue weighted by Crippen LogP contribution is 2.22. The van der Waals surface area contributed by atoms with Gasteiger partial charge in [0.25, 0.3) is 0 Å². The summed E-state index contributed by atoms with van der Waals surface area (Å²) in [7, 11) is 0. The van der Waals surface area contributed by atoms with Crippen molar-refractivity contribution in [2.45, 2.75) is 18.7 Å². The molecule has 2 rings (SSSR count). The molecule has 0 N–H and O–H groups in total. The second kappa shape index (κ2) is 6.22. The molecule has 0 bridgehead atoms. The summed E-state index contributed by atoms with van der Waals surface area (Å²) in [5.74, 6) is 0.989. The van der Waals surface area contributed by atoms with Crippen LogP contribution >= 0.6 is 27.3 Å². The zero-order chi connectivity index (χ0) is 12.1. The molecule has 90 valence electrons. The maximum atomic E-state index is 5.83. The van der Waals surface area contributed by atoms with Gasteiger partial charge in [-0.1, -0.05) is 33.6 Å². The van der Waals surface area contributed by atoms with E-state index in [0.717, 1.165) is 24.1 Å². The van der Waals surface area contributed by atoms with E-state index in [1.54, 1.807) is 11.3 Å². The van der Waals surface area contributed by atoms with E-state index < -0.39 is 0 Å². The Bertz CT molecular complexity index is 465. The Kier molecular flexibility index (Phi) is 4.63. The molecule has 2 aromatic rings. The Labute approximate surface area is 115 Å². The second-order valence-electron chi connectivity index (χ2n) is 3.97. The zero-order valence-corrected chi connectivity index (χ0v) is 12.2. The largest absolute Gasteiger partial charge is 0.493 e. The maximum absolute atomic E-state index is 5.83. The lowest BCUT2D eigenvalue weighted by atomic mass is 10.1. The van der Waals surface area contributed by atoms with Crippen LogP contribution in [-0.2, 0) is 11.8 Å². The Morgan fingerprint density at radius 3 is 2.88 bits per heavy atom. The van der Waals surface area contributed by atoms with E-state index in [-0.39, 0.29) is 0 Å². The number of hydrogen-bond acceptors (Lipinski definition) is 2. The molecule has 0 radical (unpaired) electrons. The lowest BCUT2D eigenvalue weighted by Gasteiger charge is -2.10. The van der Waals surface area contributed by atoms with Crippen molar-refractivity contribution in [2.75, 3.05) is 6.61 Å². The van der Waals surface area contributed by atoms with Gasteiger partial charge in [0.05, 0.1) is 6.61 Å². The molecule has 1 aromatic heterocycles. The number of rotatable bonds is 5. The highest BCUT2D eigenvalue weighted by molar-refractivity contribution is 9.08. The van der Waals surface area contributed by atoms with E-state index in [2.05, 4.69) is 57.9 Å². The molecule has 1 heterocycles. The average molecular weight is 311 g/mol. The molecule has 0 saturated carbocycles. The Balaban J connectivity index is 1.94. The molecule has 0 atom stereocenters. The summed E-state index contributed by atoms with van der Waals surface area (Å²) in [6, 6.07) is 8.45. The third kappa shape index (κ3) is 3.58. The predicted molar refractivity (Wildman–Crippen MR) is 77.3 cm³/mol. The van der Waals surface area contributed by atoms with E-state index in [1.807, 2.05) is 0 Å². The number of benzene rings is 1. The van der Waals surface area contributed by atoms with Crippen molar-refractivity contribution in [3.63, 3.8) is 0 Å². The predicted octanol–water partition coefficient (Wildman–Crippen LogP) is 4.57. The number of thiophene rings is 1. The Morgan fingerprint density at radius 1 is 1.29 bits per heavy atom. The molecular formula is C14H15BrOS. The van der Waals surface area contributed by atoms with Gasteiger partial charge in [0.2, 0.25) is 0 Å². The summed E-state index contributed by atoms with van der Waals surface area (Å²) < 4.78 is 5.83. The van der Waals surface area contributed by atoms with Crippen molar-refractivity contribution < 1.29 is 4.74 Å². The van der Waals surface area contributed by atoms with Gasteiger partial charge in [0.15, 0.2) is 0 Å². The lowest BCUT2D eigenvalue weighted by molar-refractivity contribution is 0.319. The SMILES string of the molecule is Cc1ccc(OCCc2ccsc2)c(CBr)c1. The van der Waals surface area contributed by atoms with Crippen LogP contribution in [0.15, 0.2) is 35.0 Å². The van der Waals surface area contributed by atoms with E-state index >= 15 is 0 Å². The molecule has 0 aliphatic rings. The molecule has 1 aromatic carbocycles. The number of ether oxygens (including phenoxy) is 1. The van der Waals surface area contributed by atoms with Gasteiger partial charge in [-0.05, 0) is 35.4 Å². The minimum Gasteiger partial charge on any atom is -0.493 e. The minimum absolute atomic E-state index is 0.736. The van der Waals surface area contributed by atoms with E-state index in [1.165, 1.54) is 16.7 Å². The van der Waals surface area contributed by atoms with Crippen molar-refractivity contribution in [3.05, 3.63) is 51.7 Å². The summed E-state index contributed by atoms with van der Waals surface area (Å²) in [5.41, 5.74) is 3.84. The second-order valence-corrected chi connectivity index (χ2v) is 5.32. The first-order chi connectivity index (χ1) is 8.29. The number of alkyl halides is 1. The van der Waals surface area contributed by atoms with Gasteiger partial charge in [-0.2, -0.15) is 11.3 Å². The number of hydrogen-bond donors (Lipinski definition) is 0. The molecular weight excluding hydrogens is 296 g/mol. The van der Waals surface area contributed by atoms with Gasteiger partial charge in [-0.3, -0.25) is 0 Å². The van der Waals surface area contributed by atoms with E-state index in [0.29, 0.717) is 0 Å². The molecule has 0 amide bonds. The summed E-state index contributed by atoms with van der Waals surface area (Å²) >= 11 is 5.23. The molecule has 17 heavy (non-hydrogen) atoms. The van der Waals surface area contributed by atoms with E-state index in [9.17, 15) is 0 Å². The average Bonchev–Trinajstić information content (AvgIpc) is 2.84. The van der Waals surface area contributed by atoms with Crippen molar-refractivity contribution in [1.82, 2.24) is 0 Å². The zero-order valence-electron chi connectivity index (χ0n) is 9.78. The smallest absolute Gasteiger partial charge is 0.123 e. The molecule has 3 heteroatoms. The summed E-state index contributed by atoms with van der Waals surface area (Å²) in [4.78, 5) is 0. The monoisotopic (exact) mass is 310 g/mol. The van der Waals surface area contributed by atoms with Crippen LogP contribution in [0.5, 0.6) is 5.75 Å². The van der Waals surface area contributed by atoms with Crippen molar-refractivity contribution in [3.8, 4) is 5.75 Å². The molecule has 1 nitrogen and oxygen atoms in total. The van der Waals surface area contributed by atoms with Crippen LogP contribution < -0.4 is 4.74 Å². The van der Waals surface area contributed by atoms with E-state index in [4.69, 9.17) is 4.74 Å². The fourth-order valence-electron chi connectivity index (χ4n) is 1.67. The highest BCUT2D eigenvalue weighted by atomic mass is 79.9. The van der Waals surface area contributed by atoms with Gasteiger partial charge in [-0.25, -0.2) is 0 Å². The van der Waals surface area contributed by atoms with Crippen LogP contribution in [0, 0.1) is 6.92 Å². The van der Waals surface area contributed by atoms with Crippen LogP contribution in [-0.4, -0.2) is 6.61 Å². The van der Waals surface area contributed by atoms with Crippen molar-refractivity contribution >= 4 is 27.3 Å². The maximum Gasteiger partial charge on any atom is 0.123 e. The van der Waals surface area contributed by atoms with Gasteiger partial charge < -0.3 is 4.74 Å². The quantitative estimate of drug-likeness (QED) is 0.735. The standard InChI is InChI=1S/C14H15BrOS/c1-11-2-3-14(13(8-11)9-15)16-6-4-12-5-7-17-10-12/h2-3,5,7-8,10H,4,6,9H2,1H3. The van der Waals surface area contributed by atoms with Gasteiger partial charge in [0, 0.05) is 17.3 Å². The minimum atomic E-state index is 0.736. The topological polar surface area (TPSA) is 9.23 Å². The van der Waals surface area contributed by atoms with Crippen molar-refractivity contribution in [2.24, 2.45) is 0 Å².